The predicted molar refractivity (Wildman–Crippen MR) is 122 cm³/mol. The molecule has 2 fully saturated rings. The van der Waals surface area contributed by atoms with Gasteiger partial charge in [0.25, 0.3) is 5.91 Å². The summed E-state index contributed by atoms with van der Waals surface area (Å²) in [6.07, 6.45) is -0.767. The summed E-state index contributed by atoms with van der Waals surface area (Å²) in [4.78, 5) is 26.6. The number of hydrogen-bond donors (Lipinski definition) is 2. The molecule has 1 saturated heterocycles. The molecule has 3 N–H and O–H groups in total. The minimum Gasteiger partial charge on any atom is -0.406 e. The van der Waals surface area contributed by atoms with E-state index < -0.39 is 23.8 Å². The summed E-state index contributed by atoms with van der Waals surface area (Å²) in [5, 5.41) is 0. The number of rotatable bonds is 5. The number of nitrogens with zero attached hydrogens (tertiary/aromatic N) is 3. The fraction of sp³-hybridized carbons (Fsp3) is 0.458. The number of pyridine rings is 1. The molecule has 0 bridgehead atoms. The van der Waals surface area contributed by atoms with Crippen LogP contribution < -0.4 is 10.5 Å². The second-order valence-corrected chi connectivity index (χ2v) is 9.23. The molecule has 5 rings (SSSR count). The zero-order valence-electron chi connectivity index (χ0n) is 19.4. The summed E-state index contributed by atoms with van der Waals surface area (Å²) in [5.41, 5.74) is 7.39. The smallest absolute Gasteiger partial charge is 0.406 e. The van der Waals surface area contributed by atoms with Crippen LogP contribution in [0.3, 0.4) is 0 Å². The maximum absolute atomic E-state index is 14.9. The molecule has 1 amide bonds. The Balaban J connectivity index is 1.29. The number of imidazole rings is 1. The number of methoxy groups -OCH3 is 1. The van der Waals surface area contributed by atoms with Gasteiger partial charge in [0.05, 0.1) is 23.4 Å². The van der Waals surface area contributed by atoms with Crippen molar-refractivity contribution in [2.75, 3.05) is 25.9 Å². The van der Waals surface area contributed by atoms with Gasteiger partial charge in [-0.15, -0.1) is 13.2 Å². The lowest BCUT2D eigenvalue weighted by molar-refractivity contribution is -0.274. The molecule has 3 heterocycles. The van der Waals surface area contributed by atoms with E-state index >= 15 is 0 Å². The topological polar surface area (TPSA) is 106 Å². The van der Waals surface area contributed by atoms with Crippen molar-refractivity contribution in [3.05, 3.63) is 47.2 Å². The van der Waals surface area contributed by atoms with E-state index in [0.717, 1.165) is 30.8 Å². The Morgan fingerprint density at radius 1 is 1.19 bits per heavy atom. The predicted octanol–water partition coefficient (Wildman–Crippen LogP) is 4.49. The van der Waals surface area contributed by atoms with Gasteiger partial charge in [0.2, 0.25) is 0 Å². The van der Waals surface area contributed by atoms with Crippen LogP contribution in [-0.4, -0.2) is 58.4 Å². The van der Waals surface area contributed by atoms with Crippen molar-refractivity contribution in [1.29, 1.82) is 0 Å². The number of carbonyl (C=O) groups is 1. The number of ether oxygens (including phenoxy) is 2. The molecule has 2 aliphatic rings. The second-order valence-electron chi connectivity index (χ2n) is 9.23. The molecule has 36 heavy (non-hydrogen) atoms. The van der Waals surface area contributed by atoms with Gasteiger partial charge in [-0.2, -0.15) is 0 Å². The van der Waals surface area contributed by atoms with Crippen LogP contribution in [0.2, 0.25) is 0 Å². The Morgan fingerprint density at radius 2 is 1.92 bits per heavy atom. The highest BCUT2D eigenvalue weighted by Crippen LogP contribution is 2.40. The van der Waals surface area contributed by atoms with Crippen LogP contribution in [0, 0.1) is 5.82 Å². The maximum atomic E-state index is 14.9. The average Bonchev–Trinajstić information content (AvgIpc) is 3.21. The highest BCUT2D eigenvalue weighted by atomic mass is 19.4. The van der Waals surface area contributed by atoms with Crippen LogP contribution in [-0.2, 0) is 4.74 Å². The molecule has 192 valence electrons. The maximum Gasteiger partial charge on any atom is 0.573 e. The summed E-state index contributed by atoms with van der Waals surface area (Å²) in [7, 11) is 1.68. The number of likely N-dealkylation sites (tertiary alicyclic amines) is 1. The van der Waals surface area contributed by atoms with Crippen LogP contribution in [0.1, 0.15) is 59.3 Å². The number of aromatic amines is 1. The van der Waals surface area contributed by atoms with E-state index in [-0.39, 0.29) is 29.2 Å². The number of alkyl halides is 3. The van der Waals surface area contributed by atoms with Gasteiger partial charge in [0, 0.05) is 43.4 Å². The van der Waals surface area contributed by atoms with Crippen LogP contribution in [0.5, 0.6) is 5.75 Å². The van der Waals surface area contributed by atoms with Crippen molar-refractivity contribution in [2.24, 2.45) is 0 Å². The monoisotopic (exact) mass is 507 g/mol. The first-order valence-electron chi connectivity index (χ1n) is 11.6. The number of carbonyl (C=O) groups excluding carboxylic acids is 1. The van der Waals surface area contributed by atoms with Gasteiger partial charge in [-0.05, 0) is 43.7 Å². The van der Waals surface area contributed by atoms with Crippen LogP contribution in [0.4, 0.5) is 23.2 Å². The summed E-state index contributed by atoms with van der Waals surface area (Å²) in [6, 6.07) is 3.25. The van der Waals surface area contributed by atoms with Gasteiger partial charge >= 0.3 is 6.36 Å². The zero-order chi connectivity index (χ0) is 25.6. The minimum atomic E-state index is -4.85. The van der Waals surface area contributed by atoms with Crippen LogP contribution >= 0.6 is 0 Å². The van der Waals surface area contributed by atoms with E-state index in [1.165, 1.54) is 12.3 Å². The van der Waals surface area contributed by atoms with Crippen molar-refractivity contribution < 1.29 is 31.8 Å². The molecule has 2 aromatic heterocycles. The lowest BCUT2D eigenvalue weighted by Crippen LogP contribution is -2.38. The molecule has 0 unspecified atom stereocenters. The van der Waals surface area contributed by atoms with E-state index in [9.17, 15) is 22.4 Å². The number of nitrogen functional groups attached to an aromatic ring is 1. The third-order valence-electron chi connectivity index (χ3n) is 7.02. The molecule has 0 atom stereocenters. The minimum absolute atomic E-state index is 0.0912. The SMILES string of the molecule is COC1CC(c2nc3ncc(F)c(C4CCN(C(=O)c5ccc(OC(F)(F)F)cc5N)CC4)c3[nH]2)C1. The number of benzene rings is 1. The average molecular weight is 507 g/mol. The van der Waals surface area contributed by atoms with Crippen molar-refractivity contribution in [3.8, 4) is 5.75 Å². The Hall–Kier alpha value is -3.41. The third kappa shape index (κ3) is 4.69. The Morgan fingerprint density at radius 3 is 2.56 bits per heavy atom. The van der Waals surface area contributed by atoms with E-state index in [2.05, 4.69) is 19.7 Å². The summed E-state index contributed by atoms with van der Waals surface area (Å²) in [6.45, 7) is 0.679. The molecular formula is C24H25F4N5O3. The standard InChI is InChI=1S/C24H25F4N5O3/c1-35-15-8-13(9-15)21-31-20-19(17(25)11-30-22(20)32-21)12-4-6-33(7-5-12)23(34)16-3-2-14(10-18(16)29)36-24(26,27)28/h2-3,10-13,15H,4-9,29H2,1H3,(H,30,31,32). The largest absolute Gasteiger partial charge is 0.573 e. The number of amides is 1. The molecule has 1 aromatic carbocycles. The van der Waals surface area contributed by atoms with Crippen molar-refractivity contribution in [3.63, 3.8) is 0 Å². The number of nitrogens with one attached hydrogen (secondary N) is 1. The van der Waals surface area contributed by atoms with Crippen LogP contribution in [0.25, 0.3) is 11.2 Å². The zero-order valence-corrected chi connectivity index (χ0v) is 19.4. The number of H-pyrrole nitrogens is 1. The van der Waals surface area contributed by atoms with Gasteiger partial charge in [-0.1, -0.05) is 0 Å². The summed E-state index contributed by atoms with van der Waals surface area (Å²) >= 11 is 0. The first kappa shape index (κ1) is 24.3. The van der Waals surface area contributed by atoms with E-state index in [1.807, 2.05) is 0 Å². The number of fused-ring (bicyclic) bond motifs is 1. The molecule has 0 radical (unpaired) electrons. The van der Waals surface area contributed by atoms with Gasteiger partial charge in [-0.3, -0.25) is 4.79 Å². The fourth-order valence-corrected chi connectivity index (χ4v) is 5.02. The molecule has 0 spiro atoms. The normalized spacial score (nSPS) is 21.0. The quantitative estimate of drug-likeness (QED) is 0.389. The van der Waals surface area contributed by atoms with Gasteiger partial charge in [-0.25, -0.2) is 14.4 Å². The van der Waals surface area contributed by atoms with Crippen LogP contribution in [0.15, 0.2) is 24.4 Å². The van der Waals surface area contributed by atoms with Crippen molar-refractivity contribution in [1.82, 2.24) is 19.9 Å². The highest BCUT2D eigenvalue weighted by molar-refractivity contribution is 5.99. The van der Waals surface area contributed by atoms with E-state index in [0.29, 0.717) is 42.7 Å². The molecule has 1 saturated carbocycles. The Labute approximate surface area is 203 Å². The number of nitrogens with two attached hydrogens (primary N) is 1. The first-order chi connectivity index (χ1) is 17.1. The molecule has 1 aliphatic carbocycles. The second kappa shape index (κ2) is 9.23. The molecule has 8 nitrogen and oxygen atoms in total. The molecule has 3 aromatic rings. The number of piperidine rings is 1. The number of anilines is 1. The number of hydrogen-bond acceptors (Lipinski definition) is 6. The summed E-state index contributed by atoms with van der Waals surface area (Å²) < 4.78 is 61.4. The van der Waals surface area contributed by atoms with Gasteiger partial charge < -0.3 is 25.1 Å². The molecule has 1 aliphatic heterocycles. The summed E-state index contributed by atoms with van der Waals surface area (Å²) in [5.74, 6) is -0.467. The van der Waals surface area contributed by atoms with Crippen molar-refractivity contribution in [2.45, 2.75) is 50.0 Å². The number of halogens is 4. The molecule has 12 heteroatoms. The van der Waals surface area contributed by atoms with Crippen molar-refractivity contribution >= 4 is 22.8 Å². The Bertz CT molecular complexity index is 1280. The molecular weight excluding hydrogens is 482 g/mol. The lowest BCUT2D eigenvalue weighted by Gasteiger charge is -2.33. The van der Waals surface area contributed by atoms with Gasteiger partial charge in [0.15, 0.2) is 5.65 Å². The third-order valence-corrected chi connectivity index (χ3v) is 7.02. The fourth-order valence-electron chi connectivity index (χ4n) is 5.02. The Kier molecular flexibility index (Phi) is 6.23. The first-order valence-corrected chi connectivity index (χ1v) is 11.6. The van der Waals surface area contributed by atoms with E-state index in [4.69, 9.17) is 10.5 Å². The van der Waals surface area contributed by atoms with Gasteiger partial charge in [0.1, 0.15) is 17.4 Å². The highest BCUT2D eigenvalue weighted by Gasteiger charge is 2.35. The van der Waals surface area contributed by atoms with E-state index in [1.54, 1.807) is 12.0 Å². The number of aromatic nitrogens is 3. The lowest BCUT2D eigenvalue weighted by atomic mass is 9.82.